The van der Waals surface area contributed by atoms with Crippen LogP contribution in [0.1, 0.15) is 45.5 Å². The Labute approximate surface area is 197 Å². The van der Waals surface area contributed by atoms with Crippen molar-refractivity contribution in [3.63, 3.8) is 0 Å². The summed E-state index contributed by atoms with van der Waals surface area (Å²) in [5.74, 6) is -0.0567. The molecule has 3 aromatic carbocycles. The second kappa shape index (κ2) is 9.00. The van der Waals surface area contributed by atoms with Crippen LogP contribution in [0.2, 0.25) is 5.02 Å². The SMILES string of the molecule is O=C(c1ccc2c(c1)N(Cc1ccccc1Cl)C(=O)c1ccccc1S2)N1CCCCC1. The van der Waals surface area contributed by atoms with Crippen molar-refractivity contribution >= 4 is 40.9 Å². The van der Waals surface area contributed by atoms with Crippen LogP contribution in [0, 0.1) is 0 Å². The molecule has 2 heterocycles. The number of hydrogen-bond acceptors (Lipinski definition) is 3. The molecule has 5 rings (SSSR count). The van der Waals surface area contributed by atoms with E-state index in [1.165, 1.54) is 6.42 Å². The molecule has 32 heavy (non-hydrogen) atoms. The molecule has 3 aromatic rings. The van der Waals surface area contributed by atoms with Gasteiger partial charge in [0.2, 0.25) is 0 Å². The summed E-state index contributed by atoms with van der Waals surface area (Å²) in [6.07, 6.45) is 3.25. The van der Waals surface area contributed by atoms with Crippen molar-refractivity contribution in [2.75, 3.05) is 18.0 Å². The summed E-state index contributed by atoms with van der Waals surface area (Å²) in [5.41, 5.74) is 2.89. The van der Waals surface area contributed by atoms with Crippen LogP contribution in [0.3, 0.4) is 0 Å². The fourth-order valence-electron chi connectivity index (χ4n) is 4.29. The molecule has 162 valence electrons. The van der Waals surface area contributed by atoms with E-state index in [1.807, 2.05) is 71.6 Å². The summed E-state index contributed by atoms with van der Waals surface area (Å²) < 4.78 is 0. The minimum Gasteiger partial charge on any atom is -0.339 e. The smallest absolute Gasteiger partial charge is 0.259 e. The monoisotopic (exact) mass is 462 g/mol. The van der Waals surface area contributed by atoms with E-state index < -0.39 is 0 Å². The first kappa shape index (κ1) is 21.1. The molecule has 0 saturated carbocycles. The van der Waals surface area contributed by atoms with E-state index in [0.717, 1.165) is 47.0 Å². The lowest BCUT2D eigenvalue weighted by Gasteiger charge is -2.28. The summed E-state index contributed by atoms with van der Waals surface area (Å²) >= 11 is 8.00. The van der Waals surface area contributed by atoms with Crippen LogP contribution in [0.5, 0.6) is 0 Å². The molecule has 2 aliphatic rings. The van der Waals surface area contributed by atoms with Crippen molar-refractivity contribution in [1.29, 1.82) is 0 Å². The van der Waals surface area contributed by atoms with Crippen molar-refractivity contribution in [3.05, 3.63) is 88.4 Å². The van der Waals surface area contributed by atoms with Crippen molar-refractivity contribution in [2.45, 2.75) is 35.6 Å². The zero-order valence-corrected chi connectivity index (χ0v) is 19.2. The molecule has 0 aliphatic carbocycles. The Balaban J connectivity index is 1.59. The third kappa shape index (κ3) is 4.03. The van der Waals surface area contributed by atoms with Gasteiger partial charge in [0.1, 0.15) is 0 Å². The number of fused-ring (bicyclic) bond motifs is 2. The molecule has 0 unspecified atom stereocenters. The maximum absolute atomic E-state index is 13.7. The lowest BCUT2D eigenvalue weighted by atomic mass is 10.1. The Morgan fingerprint density at radius 2 is 1.66 bits per heavy atom. The van der Waals surface area contributed by atoms with Crippen molar-refractivity contribution in [2.24, 2.45) is 0 Å². The van der Waals surface area contributed by atoms with Crippen LogP contribution < -0.4 is 4.90 Å². The fourth-order valence-corrected chi connectivity index (χ4v) is 5.54. The van der Waals surface area contributed by atoms with Crippen LogP contribution in [0.4, 0.5) is 5.69 Å². The summed E-state index contributed by atoms with van der Waals surface area (Å²) in [6, 6.07) is 20.9. The van der Waals surface area contributed by atoms with Crippen molar-refractivity contribution < 1.29 is 9.59 Å². The average Bonchev–Trinajstić information content (AvgIpc) is 2.95. The number of benzene rings is 3. The highest BCUT2D eigenvalue weighted by molar-refractivity contribution is 7.99. The standard InChI is InChI=1S/C26H23ClN2O2S/c27-21-10-4-2-8-19(21)17-29-22-16-18(25(30)28-14-6-1-7-15-28)12-13-24(22)32-23-11-5-3-9-20(23)26(29)31/h2-5,8-13,16H,1,6-7,14-15,17H2. The topological polar surface area (TPSA) is 40.6 Å². The maximum atomic E-state index is 13.7. The first-order valence-corrected chi connectivity index (χ1v) is 12.1. The third-order valence-corrected chi connectivity index (χ3v) is 7.52. The van der Waals surface area contributed by atoms with Crippen LogP contribution in [-0.4, -0.2) is 29.8 Å². The number of anilines is 1. The summed E-state index contributed by atoms with van der Waals surface area (Å²) in [4.78, 5) is 32.4. The maximum Gasteiger partial charge on any atom is 0.259 e. The molecule has 2 aliphatic heterocycles. The molecular weight excluding hydrogens is 440 g/mol. The third-order valence-electron chi connectivity index (χ3n) is 6.01. The molecule has 4 nitrogen and oxygen atoms in total. The van der Waals surface area contributed by atoms with Crippen molar-refractivity contribution in [3.8, 4) is 0 Å². The van der Waals surface area contributed by atoms with Gasteiger partial charge in [-0.15, -0.1) is 0 Å². The minimum absolute atomic E-state index is 0.0319. The van der Waals surface area contributed by atoms with E-state index in [1.54, 1.807) is 16.7 Å². The molecule has 0 bridgehead atoms. The van der Waals surface area contributed by atoms with Gasteiger partial charge < -0.3 is 9.80 Å². The van der Waals surface area contributed by atoms with Gasteiger partial charge in [0.25, 0.3) is 11.8 Å². The predicted octanol–water partition coefficient (Wildman–Crippen LogP) is 6.28. The van der Waals surface area contributed by atoms with Gasteiger partial charge in [-0.05, 0) is 61.2 Å². The average molecular weight is 463 g/mol. The van der Waals surface area contributed by atoms with Gasteiger partial charge in [-0.2, -0.15) is 0 Å². The van der Waals surface area contributed by atoms with Crippen LogP contribution in [-0.2, 0) is 6.54 Å². The number of amides is 2. The van der Waals surface area contributed by atoms with E-state index in [4.69, 9.17) is 11.6 Å². The van der Waals surface area contributed by atoms with Gasteiger partial charge in [-0.3, -0.25) is 9.59 Å². The minimum atomic E-state index is -0.0886. The largest absolute Gasteiger partial charge is 0.339 e. The number of carbonyl (C=O) groups is 2. The Morgan fingerprint density at radius 1 is 0.906 bits per heavy atom. The van der Waals surface area contributed by atoms with Crippen molar-refractivity contribution in [1.82, 2.24) is 4.90 Å². The first-order chi connectivity index (χ1) is 15.6. The number of nitrogens with zero attached hydrogens (tertiary/aromatic N) is 2. The van der Waals surface area contributed by atoms with Crippen LogP contribution in [0.25, 0.3) is 0 Å². The summed E-state index contributed by atoms with van der Waals surface area (Å²) in [6.45, 7) is 1.92. The zero-order valence-electron chi connectivity index (χ0n) is 17.6. The number of piperidine rings is 1. The second-order valence-electron chi connectivity index (χ2n) is 8.12. The quantitative estimate of drug-likeness (QED) is 0.460. The highest BCUT2D eigenvalue weighted by atomic mass is 35.5. The van der Waals surface area contributed by atoms with E-state index >= 15 is 0 Å². The van der Waals surface area contributed by atoms with Crippen LogP contribution in [0.15, 0.2) is 76.5 Å². The van der Waals surface area contributed by atoms with E-state index in [-0.39, 0.29) is 11.8 Å². The van der Waals surface area contributed by atoms with E-state index in [0.29, 0.717) is 22.7 Å². The Hall–Kier alpha value is -2.76. The number of carbonyl (C=O) groups excluding carboxylic acids is 2. The van der Waals surface area contributed by atoms with Gasteiger partial charge in [0.05, 0.1) is 17.8 Å². The highest BCUT2D eigenvalue weighted by Gasteiger charge is 2.29. The number of halogens is 1. The molecule has 0 N–H and O–H groups in total. The molecule has 0 atom stereocenters. The number of rotatable bonds is 3. The molecule has 1 saturated heterocycles. The Bertz CT molecular complexity index is 1190. The Kier molecular flexibility index (Phi) is 5.94. The molecular formula is C26H23ClN2O2S. The fraction of sp³-hybridized carbons (Fsp3) is 0.231. The zero-order chi connectivity index (χ0) is 22.1. The Morgan fingerprint density at radius 3 is 2.47 bits per heavy atom. The molecule has 0 radical (unpaired) electrons. The van der Waals surface area contributed by atoms with Gasteiger partial charge in [0.15, 0.2) is 0 Å². The number of hydrogen-bond donors (Lipinski definition) is 0. The van der Waals surface area contributed by atoms with Gasteiger partial charge in [-0.25, -0.2) is 0 Å². The van der Waals surface area contributed by atoms with Gasteiger partial charge >= 0.3 is 0 Å². The summed E-state index contributed by atoms with van der Waals surface area (Å²) in [5, 5.41) is 0.618. The molecule has 0 aromatic heterocycles. The second-order valence-corrected chi connectivity index (χ2v) is 9.61. The van der Waals surface area contributed by atoms with E-state index in [9.17, 15) is 9.59 Å². The van der Waals surface area contributed by atoms with Gasteiger partial charge in [0, 0.05) is 33.5 Å². The van der Waals surface area contributed by atoms with Crippen LogP contribution >= 0.6 is 23.4 Å². The highest BCUT2D eigenvalue weighted by Crippen LogP contribution is 2.42. The lowest BCUT2D eigenvalue weighted by molar-refractivity contribution is 0.0724. The lowest BCUT2D eigenvalue weighted by Crippen LogP contribution is -2.36. The predicted molar refractivity (Wildman–Crippen MR) is 129 cm³/mol. The van der Waals surface area contributed by atoms with E-state index in [2.05, 4.69) is 0 Å². The molecule has 2 amide bonds. The van der Waals surface area contributed by atoms with Gasteiger partial charge in [-0.1, -0.05) is 53.7 Å². The summed E-state index contributed by atoms with van der Waals surface area (Å²) in [7, 11) is 0. The molecule has 6 heteroatoms. The molecule has 0 spiro atoms. The number of likely N-dealkylation sites (tertiary alicyclic amines) is 1. The molecule has 1 fully saturated rings. The first-order valence-electron chi connectivity index (χ1n) is 10.9. The normalized spacial score (nSPS) is 15.7.